The van der Waals surface area contributed by atoms with Crippen LogP contribution in [0.1, 0.15) is 61.5 Å². The van der Waals surface area contributed by atoms with Gasteiger partial charge in [0.05, 0.1) is 0 Å². The molecule has 1 saturated heterocycles. The van der Waals surface area contributed by atoms with Gasteiger partial charge in [0.15, 0.2) is 0 Å². The lowest BCUT2D eigenvalue weighted by Crippen LogP contribution is -2.30. The van der Waals surface area contributed by atoms with Crippen LogP contribution in [0.5, 0.6) is 0 Å². The number of hydrogen-bond acceptors (Lipinski definition) is 4. The third kappa shape index (κ3) is 4.06. The van der Waals surface area contributed by atoms with Crippen LogP contribution in [0.3, 0.4) is 0 Å². The van der Waals surface area contributed by atoms with Crippen LogP contribution in [0.4, 0.5) is 0 Å². The fourth-order valence-electron chi connectivity index (χ4n) is 3.66. The Morgan fingerprint density at radius 1 is 1.17 bits per heavy atom. The molecule has 0 spiro atoms. The molecule has 0 bridgehead atoms. The molecule has 0 aliphatic carbocycles. The maximum absolute atomic E-state index is 13.1. The summed E-state index contributed by atoms with van der Waals surface area (Å²) < 4.78 is 5.52. The fourth-order valence-corrected chi connectivity index (χ4v) is 3.85. The molecule has 3 aromatic rings. The van der Waals surface area contributed by atoms with Gasteiger partial charge in [-0.2, -0.15) is 4.98 Å². The van der Waals surface area contributed by atoms with Gasteiger partial charge in [0.25, 0.3) is 5.91 Å². The monoisotopic (exact) mass is 409 g/mol. The minimum atomic E-state index is -0.203. The van der Waals surface area contributed by atoms with Crippen molar-refractivity contribution in [2.75, 3.05) is 6.54 Å². The SMILES string of the molecule is CC(C)(C)c1ccc(C(=O)N2CCCC2c2nc(-c3cccc(Cl)c3)no2)cc1. The minimum Gasteiger partial charge on any atom is -0.337 e. The van der Waals surface area contributed by atoms with Crippen LogP contribution in [0.25, 0.3) is 11.4 Å². The number of likely N-dealkylation sites (tertiary alicyclic amines) is 1. The van der Waals surface area contributed by atoms with Crippen molar-refractivity contribution in [2.24, 2.45) is 0 Å². The maximum atomic E-state index is 13.1. The topological polar surface area (TPSA) is 59.2 Å². The first-order valence-electron chi connectivity index (χ1n) is 9.84. The van der Waals surface area contributed by atoms with E-state index in [1.54, 1.807) is 12.1 Å². The normalized spacial score (nSPS) is 17.0. The van der Waals surface area contributed by atoms with E-state index in [1.165, 1.54) is 5.56 Å². The molecular formula is C23H24ClN3O2. The molecule has 1 aliphatic heterocycles. The quantitative estimate of drug-likeness (QED) is 0.559. The molecule has 29 heavy (non-hydrogen) atoms. The number of hydrogen-bond donors (Lipinski definition) is 0. The molecule has 5 nitrogen and oxygen atoms in total. The predicted octanol–water partition coefficient (Wildman–Crippen LogP) is 5.66. The Balaban J connectivity index is 1.56. The highest BCUT2D eigenvalue weighted by Gasteiger charge is 2.34. The number of carbonyl (C=O) groups excluding carboxylic acids is 1. The van der Waals surface area contributed by atoms with E-state index in [2.05, 4.69) is 30.9 Å². The highest BCUT2D eigenvalue weighted by atomic mass is 35.5. The van der Waals surface area contributed by atoms with Crippen LogP contribution >= 0.6 is 11.6 Å². The second kappa shape index (κ2) is 7.64. The fraction of sp³-hybridized carbons (Fsp3) is 0.348. The number of halogens is 1. The first-order chi connectivity index (χ1) is 13.8. The Morgan fingerprint density at radius 2 is 1.93 bits per heavy atom. The Kier molecular flexibility index (Phi) is 5.17. The number of amides is 1. The molecule has 1 unspecified atom stereocenters. The summed E-state index contributed by atoms with van der Waals surface area (Å²) in [5.41, 5.74) is 2.73. The van der Waals surface area contributed by atoms with Gasteiger partial charge in [-0.05, 0) is 48.1 Å². The zero-order chi connectivity index (χ0) is 20.6. The van der Waals surface area contributed by atoms with E-state index < -0.39 is 0 Å². The van der Waals surface area contributed by atoms with Gasteiger partial charge in [0.2, 0.25) is 11.7 Å². The van der Waals surface area contributed by atoms with Crippen LogP contribution in [0.2, 0.25) is 5.02 Å². The summed E-state index contributed by atoms with van der Waals surface area (Å²) >= 11 is 6.06. The zero-order valence-corrected chi connectivity index (χ0v) is 17.6. The summed E-state index contributed by atoms with van der Waals surface area (Å²) in [6.45, 7) is 7.16. The predicted molar refractivity (Wildman–Crippen MR) is 113 cm³/mol. The molecule has 6 heteroatoms. The van der Waals surface area contributed by atoms with E-state index in [1.807, 2.05) is 41.3 Å². The summed E-state index contributed by atoms with van der Waals surface area (Å²) in [5, 5.41) is 4.71. The van der Waals surface area contributed by atoms with Crippen molar-refractivity contribution in [3.05, 3.63) is 70.6 Å². The van der Waals surface area contributed by atoms with Crippen molar-refractivity contribution in [1.29, 1.82) is 0 Å². The highest BCUT2D eigenvalue weighted by Crippen LogP contribution is 2.34. The summed E-state index contributed by atoms with van der Waals surface area (Å²) in [6, 6.07) is 15.0. The molecule has 2 heterocycles. The lowest BCUT2D eigenvalue weighted by molar-refractivity contribution is 0.0710. The lowest BCUT2D eigenvalue weighted by atomic mass is 9.86. The van der Waals surface area contributed by atoms with Gasteiger partial charge in [0.1, 0.15) is 6.04 Å². The van der Waals surface area contributed by atoms with Gasteiger partial charge in [-0.25, -0.2) is 0 Å². The summed E-state index contributed by atoms with van der Waals surface area (Å²) in [7, 11) is 0. The van der Waals surface area contributed by atoms with Crippen LogP contribution in [-0.4, -0.2) is 27.5 Å². The van der Waals surface area contributed by atoms with E-state index in [0.717, 1.165) is 18.4 Å². The maximum Gasteiger partial charge on any atom is 0.254 e. The van der Waals surface area contributed by atoms with Gasteiger partial charge in [-0.15, -0.1) is 0 Å². The van der Waals surface area contributed by atoms with Crippen molar-refractivity contribution in [1.82, 2.24) is 15.0 Å². The average molecular weight is 410 g/mol. The number of rotatable bonds is 3. The van der Waals surface area contributed by atoms with Crippen LogP contribution in [-0.2, 0) is 5.41 Å². The number of aromatic nitrogens is 2. The van der Waals surface area contributed by atoms with E-state index >= 15 is 0 Å². The third-order valence-corrected chi connectivity index (χ3v) is 5.56. The number of benzene rings is 2. The molecule has 4 rings (SSSR count). The van der Waals surface area contributed by atoms with Crippen LogP contribution < -0.4 is 0 Å². The second-order valence-electron chi connectivity index (χ2n) is 8.45. The Bertz CT molecular complexity index is 1020. The third-order valence-electron chi connectivity index (χ3n) is 5.32. The summed E-state index contributed by atoms with van der Waals surface area (Å²) in [4.78, 5) is 19.5. The van der Waals surface area contributed by atoms with E-state index in [0.29, 0.717) is 28.8 Å². The second-order valence-corrected chi connectivity index (χ2v) is 8.89. The zero-order valence-electron chi connectivity index (χ0n) is 16.9. The average Bonchev–Trinajstić information content (AvgIpc) is 3.36. The highest BCUT2D eigenvalue weighted by molar-refractivity contribution is 6.30. The molecule has 1 aliphatic rings. The van der Waals surface area contributed by atoms with E-state index in [4.69, 9.17) is 16.1 Å². The molecule has 0 saturated carbocycles. The summed E-state index contributed by atoms with van der Waals surface area (Å²) in [6.07, 6.45) is 1.72. The minimum absolute atomic E-state index is 0.00420. The molecule has 1 aromatic heterocycles. The van der Waals surface area contributed by atoms with Crippen molar-refractivity contribution in [3.63, 3.8) is 0 Å². The Hall–Kier alpha value is -2.66. The molecular weight excluding hydrogens is 386 g/mol. The largest absolute Gasteiger partial charge is 0.337 e. The molecule has 0 N–H and O–H groups in total. The van der Waals surface area contributed by atoms with Crippen molar-refractivity contribution < 1.29 is 9.32 Å². The van der Waals surface area contributed by atoms with Crippen molar-refractivity contribution in [3.8, 4) is 11.4 Å². The van der Waals surface area contributed by atoms with Gasteiger partial charge < -0.3 is 9.42 Å². The van der Waals surface area contributed by atoms with Crippen LogP contribution in [0, 0.1) is 0 Å². The molecule has 1 atom stereocenters. The van der Waals surface area contributed by atoms with Crippen molar-refractivity contribution in [2.45, 2.75) is 45.1 Å². The molecule has 1 fully saturated rings. The molecule has 150 valence electrons. The Morgan fingerprint density at radius 3 is 2.62 bits per heavy atom. The first-order valence-corrected chi connectivity index (χ1v) is 10.2. The smallest absolute Gasteiger partial charge is 0.254 e. The number of carbonyl (C=O) groups is 1. The molecule has 1 amide bonds. The molecule has 0 radical (unpaired) electrons. The standard InChI is InChI=1S/C23H24ClN3O2/c1-23(2,3)17-11-9-15(10-12-17)22(28)27-13-5-8-19(27)21-25-20(26-29-21)16-6-4-7-18(24)14-16/h4,6-7,9-12,14,19H,5,8,13H2,1-3H3. The molecule has 2 aromatic carbocycles. The summed E-state index contributed by atoms with van der Waals surface area (Å²) in [5.74, 6) is 0.948. The van der Waals surface area contributed by atoms with Gasteiger partial charge in [-0.3, -0.25) is 4.79 Å². The van der Waals surface area contributed by atoms with Gasteiger partial charge in [0, 0.05) is 22.7 Å². The van der Waals surface area contributed by atoms with Gasteiger partial charge in [-0.1, -0.05) is 61.8 Å². The first kappa shape index (κ1) is 19.6. The van der Waals surface area contributed by atoms with Gasteiger partial charge >= 0.3 is 0 Å². The van der Waals surface area contributed by atoms with E-state index in [-0.39, 0.29) is 17.4 Å². The Labute approximate surface area is 175 Å². The number of nitrogens with zero attached hydrogens (tertiary/aromatic N) is 3. The van der Waals surface area contributed by atoms with E-state index in [9.17, 15) is 4.79 Å². The van der Waals surface area contributed by atoms with Crippen LogP contribution in [0.15, 0.2) is 53.1 Å². The lowest BCUT2D eigenvalue weighted by Gasteiger charge is -2.23. The van der Waals surface area contributed by atoms with Crippen molar-refractivity contribution >= 4 is 17.5 Å².